The van der Waals surface area contributed by atoms with Crippen molar-refractivity contribution in [2.45, 2.75) is 25.8 Å². The standard InChI is InChI=1S/C17H25N9/c18-15-21-14(22-17(23-15)25-7-2-1-3-8-25)13-24-9-11-26(12-10-24)16-19-5-4-6-20-16/h4-6H,1-3,7-13H2,(H2,18,21,22,23). The van der Waals surface area contributed by atoms with E-state index in [1.54, 1.807) is 12.4 Å². The number of hydrogen-bond acceptors (Lipinski definition) is 9. The van der Waals surface area contributed by atoms with Gasteiger partial charge >= 0.3 is 0 Å². The predicted octanol–water partition coefficient (Wildman–Crippen LogP) is 0.556. The van der Waals surface area contributed by atoms with E-state index in [0.717, 1.165) is 57.0 Å². The van der Waals surface area contributed by atoms with E-state index < -0.39 is 0 Å². The van der Waals surface area contributed by atoms with E-state index in [4.69, 9.17) is 5.73 Å². The quantitative estimate of drug-likeness (QED) is 0.843. The van der Waals surface area contributed by atoms with Crippen molar-refractivity contribution in [1.29, 1.82) is 0 Å². The topological polar surface area (TPSA) is 100 Å². The molecule has 2 aromatic heterocycles. The van der Waals surface area contributed by atoms with Crippen LogP contribution in [-0.4, -0.2) is 69.1 Å². The highest BCUT2D eigenvalue weighted by Gasteiger charge is 2.21. The Morgan fingerprint density at radius 1 is 0.769 bits per heavy atom. The molecule has 4 rings (SSSR count). The summed E-state index contributed by atoms with van der Waals surface area (Å²) < 4.78 is 0. The first kappa shape index (κ1) is 16.9. The molecule has 0 aliphatic carbocycles. The van der Waals surface area contributed by atoms with Gasteiger partial charge in [0.25, 0.3) is 0 Å². The molecule has 4 heterocycles. The Hall–Kier alpha value is -2.55. The maximum atomic E-state index is 5.94. The van der Waals surface area contributed by atoms with Crippen LogP contribution < -0.4 is 15.5 Å². The van der Waals surface area contributed by atoms with E-state index in [0.29, 0.717) is 12.5 Å². The van der Waals surface area contributed by atoms with Gasteiger partial charge in [-0.2, -0.15) is 15.0 Å². The fourth-order valence-corrected chi connectivity index (χ4v) is 3.49. The number of rotatable bonds is 4. The summed E-state index contributed by atoms with van der Waals surface area (Å²) in [5.74, 6) is 2.59. The van der Waals surface area contributed by atoms with Gasteiger partial charge in [0.05, 0.1) is 6.54 Å². The molecular formula is C17H25N9. The van der Waals surface area contributed by atoms with Crippen LogP contribution >= 0.6 is 0 Å². The Balaban J connectivity index is 1.38. The summed E-state index contributed by atoms with van der Waals surface area (Å²) in [5.41, 5.74) is 5.94. The van der Waals surface area contributed by atoms with Gasteiger partial charge in [0.1, 0.15) is 5.82 Å². The molecule has 9 heteroatoms. The lowest BCUT2D eigenvalue weighted by Gasteiger charge is -2.34. The number of piperazine rings is 1. The zero-order valence-corrected chi connectivity index (χ0v) is 15.0. The van der Waals surface area contributed by atoms with Crippen molar-refractivity contribution < 1.29 is 0 Å². The SMILES string of the molecule is Nc1nc(CN2CCN(c3ncccn3)CC2)nc(N2CCCCC2)n1. The van der Waals surface area contributed by atoms with Crippen molar-refractivity contribution in [1.82, 2.24) is 29.8 Å². The zero-order chi connectivity index (χ0) is 17.8. The summed E-state index contributed by atoms with van der Waals surface area (Å²) in [6, 6.07) is 1.84. The molecule has 0 spiro atoms. The van der Waals surface area contributed by atoms with Crippen molar-refractivity contribution in [2.75, 3.05) is 54.8 Å². The molecular weight excluding hydrogens is 330 g/mol. The first-order chi connectivity index (χ1) is 12.8. The molecule has 2 aliphatic rings. The number of hydrogen-bond donors (Lipinski definition) is 1. The fourth-order valence-electron chi connectivity index (χ4n) is 3.49. The number of nitrogen functional groups attached to an aromatic ring is 1. The minimum Gasteiger partial charge on any atom is -0.368 e. The Bertz CT molecular complexity index is 709. The second-order valence-electron chi connectivity index (χ2n) is 6.77. The Labute approximate surface area is 153 Å². The van der Waals surface area contributed by atoms with Crippen molar-refractivity contribution in [2.24, 2.45) is 0 Å². The molecule has 9 nitrogen and oxygen atoms in total. The molecule has 0 saturated carbocycles. The lowest BCUT2D eigenvalue weighted by atomic mass is 10.1. The maximum Gasteiger partial charge on any atom is 0.230 e. The van der Waals surface area contributed by atoms with E-state index in [-0.39, 0.29) is 0 Å². The second-order valence-corrected chi connectivity index (χ2v) is 6.77. The average molecular weight is 355 g/mol. The van der Waals surface area contributed by atoms with Crippen LogP contribution in [-0.2, 0) is 6.54 Å². The summed E-state index contributed by atoms with van der Waals surface area (Å²) in [7, 11) is 0. The van der Waals surface area contributed by atoms with Gasteiger partial charge in [-0.25, -0.2) is 9.97 Å². The zero-order valence-electron chi connectivity index (χ0n) is 15.0. The van der Waals surface area contributed by atoms with E-state index in [1.807, 2.05) is 6.07 Å². The maximum absolute atomic E-state index is 5.94. The van der Waals surface area contributed by atoms with Gasteiger partial charge in [0.2, 0.25) is 17.8 Å². The van der Waals surface area contributed by atoms with Crippen molar-refractivity contribution in [3.8, 4) is 0 Å². The Morgan fingerprint density at radius 2 is 1.46 bits per heavy atom. The van der Waals surface area contributed by atoms with E-state index in [9.17, 15) is 0 Å². The molecule has 138 valence electrons. The fraction of sp³-hybridized carbons (Fsp3) is 0.588. The summed E-state index contributed by atoms with van der Waals surface area (Å²) >= 11 is 0. The number of anilines is 3. The smallest absolute Gasteiger partial charge is 0.230 e. The third kappa shape index (κ3) is 3.98. The molecule has 2 N–H and O–H groups in total. The Kier molecular flexibility index (Phi) is 5.05. The van der Waals surface area contributed by atoms with Gasteiger partial charge < -0.3 is 15.5 Å². The van der Waals surface area contributed by atoms with Crippen LogP contribution in [0.25, 0.3) is 0 Å². The normalized spacial score (nSPS) is 18.9. The molecule has 0 unspecified atom stereocenters. The highest BCUT2D eigenvalue weighted by Crippen LogP contribution is 2.17. The van der Waals surface area contributed by atoms with E-state index >= 15 is 0 Å². The van der Waals surface area contributed by atoms with Crippen molar-refractivity contribution in [3.05, 3.63) is 24.3 Å². The van der Waals surface area contributed by atoms with Crippen molar-refractivity contribution >= 4 is 17.8 Å². The first-order valence-corrected chi connectivity index (χ1v) is 9.27. The summed E-state index contributed by atoms with van der Waals surface area (Å²) in [5, 5.41) is 0. The second kappa shape index (κ2) is 7.77. The van der Waals surface area contributed by atoms with Gasteiger partial charge in [-0.05, 0) is 25.3 Å². The molecule has 2 saturated heterocycles. The molecule has 26 heavy (non-hydrogen) atoms. The van der Waals surface area contributed by atoms with Crippen LogP contribution in [0.1, 0.15) is 25.1 Å². The van der Waals surface area contributed by atoms with Crippen LogP contribution in [0.3, 0.4) is 0 Å². The molecule has 2 aliphatic heterocycles. The van der Waals surface area contributed by atoms with Crippen LogP contribution in [0.4, 0.5) is 17.8 Å². The van der Waals surface area contributed by atoms with Gasteiger partial charge in [0, 0.05) is 51.7 Å². The van der Waals surface area contributed by atoms with Crippen LogP contribution in [0.2, 0.25) is 0 Å². The number of piperidine rings is 1. The lowest BCUT2D eigenvalue weighted by molar-refractivity contribution is 0.243. The third-order valence-corrected chi connectivity index (χ3v) is 4.90. The highest BCUT2D eigenvalue weighted by atomic mass is 15.3. The van der Waals surface area contributed by atoms with E-state index in [1.165, 1.54) is 19.3 Å². The van der Waals surface area contributed by atoms with Gasteiger partial charge in [-0.15, -0.1) is 0 Å². The molecule has 2 aromatic rings. The molecule has 0 amide bonds. The third-order valence-electron chi connectivity index (χ3n) is 4.90. The highest BCUT2D eigenvalue weighted by molar-refractivity contribution is 5.35. The molecule has 0 radical (unpaired) electrons. The summed E-state index contributed by atoms with van der Waals surface area (Å²) in [4.78, 5) is 28.8. The lowest BCUT2D eigenvalue weighted by Crippen LogP contribution is -2.46. The van der Waals surface area contributed by atoms with Crippen LogP contribution in [0, 0.1) is 0 Å². The molecule has 2 fully saturated rings. The molecule has 0 aromatic carbocycles. The molecule has 0 atom stereocenters. The van der Waals surface area contributed by atoms with E-state index in [2.05, 4.69) is 39.6 Å². The van der Waals surface area contributed by atoms with Gasteiger partial charge in [-0.1, -0.05) is 0 Å². The predicted molar refractivity (Wildman–Crippen MR) is 99.8 cm³/mol. The number of nitrogens with two attached hydrogens (primary N) is 1. The minimum atomic E-state index is 0.312. The molecule has 0 bridgehead atoms. The van der Waals surface area contributed by atoms with Gasteiger partial charge in [-0.3, -0.25) is 4.90 Å². The Morgan fingerprint density at radius 3 is 2.19 bits per heavy atom. The minimum absolute atomic E-state index is 0.312. The first-order valence-electron chi connectivity index (χ1n) is 9.27. The summed E-state index contributed by atoms with van der Waals surface area (Å²) in [6.45, 7) is 6.31. The summed E-state index contributed by atoms with van der Waals surface area (Å²) in [6.07, 6.45) is 7.21. The van der Waals surface area contributed by atoms with Crippen LogP contribution in [0.15, 0.2) is 18.5 Å². The number of nitrogens with zero attached hydrogens (tertiary/aromatic N) is 8. The van der Waals surface area contributed by atoms with Gasteiger partial charge in [0.15, 0.2) is 0 Å². The number of aromatic nitrogens is 5. The largest absolute Gasteiger partial charge is 0.368 e. The van der Waals surface area contributed by atoms with Crippen molar-refractivity contribution in [3.63, 3.8) is 0 Å². The monoisotopic (exact) mass is 355 g/mol. The van der Waals surface area contributed by atoms with Crippen LogP contribution in [0.5, 0.6) is 0 Å². The average Bonchev–Trinajstić information content (AvgIpc) is 2.69.